The molecule has 36 heavy (non-hydrogen) atoms. The number of rotatable bonds is 8. The van der Waals surface area contributed by atoms with Crippen molar-refractivity contribution < 1.29 is 29.1 Å². The Morgan fingerprint density at radius 1 is 0.806 bits per heavy atom. The van der Waals surface area contributed by atoms with E-state index in [-0.39, 0.29) is 22.6 Å². The van der Waals surface area contributed by atoms with Crippen molar-refractivity contribution in [1.82, 2.24) is 5.43 Å². The molecule has 15 heteroatoms. The Kier molecular flexibility index (Phi) is 7.75. The standard InChI is InChI=1S/C21H12BrN5O9/c22-15-3-6-19(36-21(29)13-8-17(26(32)33)10-18(9-13)27(34)35)14(7-15)11-23-24-20(28)12-1-4-16(5-2-12)25(30)31/h1-11H,(H,24,28)/b23-11-. The number of hydrogen-bond donors (Lipinski definition) is 1. The number of nitro benzene ring substituents is 3. The first-order valence-corrected chi connectivity index (χ1v) is 10.4. The lowest BCUT2D eigenvalue weighted by Crippen LogP contribution is -2.17. The number of ether oxygens (including phenoxy) is 1. The van der Waals surface area contributed by atoms with Gasteiger partial charge in [-0.1, -0.05) is 15.9 Å². The second-order valence-corrected chi connectivity index (χ2v) is 7.74. The molecule has 0 saturated carbocycles. The van der Waals surface area contributed by atoms with E-state index in [2.05, 4.69) is 26.5 Å². The minimum Gasteiger partial charge on any atom is -0.422 e. The predicted octanol–water partition coefficient (Wildman–Crippen LogP) is 4.16. The van der Waals surface area contributed by atoms with Gasteiger partial charge >= 0.3 is 5.97 Å². The van der Waals surface area contributed by atoms with Crippen LogP contribution in [0, 0.1) is 30.3 Å². The van der Waals surface area contributed by atoms with Gasteiger partial charge in [0.1, 0.15) is 5.75 Å². The van der Waals surface area contributed by atoms with Gasteiger partial charge in [0.05, 0.1) is 32.6 Å². The number of nitro groups is 3. The summed E-state index contributed by atoms with van der Waals surface area (Å²) in [5.74, 6) is -1.84. The number of benzene rings is 3. The summed E-state index contributed by atoms with van der Waals surface area (Å²) in [4.78, 5) is 55.3. The van der Waals surface area contributed by atoms with Gasteiger partial charge in [0.2, 0.25) is 0 Å². The molecule has 0 atom stereocenters. The topological polar surface area (TPSA) is 197 Å². The van der Waals surface area contributed by atoms with E-state index in [1.807, 2.05) is 0 Å². The molecule has 0 saturated heterocycles. The maximum Gasteiger partial charge on any atom is 0.344 e. The number of halogens is 1. The third-order valence-electron chi connectivity index (χ3n) is 4.44. The van der Waals surface area contributed by atoms with E-state index >= 15 is 0 Å². The van der Waals surface area contributed by atoms with E-state index in [1.165, 1.54) is 30.3 Å². The van der Waals surface area contributed by atoms with E-state index in [0.29, 0.717) is 10.5 Å². The van der Waals surface area contributed by atoms with E-state index in [9.17, 15) is 39.9 Å². The van der Waals surface area contributed by atoms with Crippen molar-refractivity contribution in [2.24, 2.45) is 5.10 Å². The van der Waals surface area contributed by atoms with Gasteiger partial charge in [0.15, 0.2) is 0 Å². The number of amides is 1. The van der Waals surface area contributed by atoms with Gasteiger partial charge in [-0.3, -0.25) is 35.1 Å². The van der Waals surface area contributed by atoms with Crippen LogP contribution in [0.1, 0.15) is 26.3 Å². The summed E-state index contributed by atoms with van der Waals surface area (Å²) in [7, 11) is 0. The highest BCUT2D eigenvalue weighted by molar-refractivity contribution is 9.10. The van der Waals surface area contributed by atoms with Crippen LogP contribution >= 0.6 is 15.9 Å². The Morgan fingerprint density at radius 2 is 1.39 bits per heavy atom. The minimum atomic E-state index is -1.10. The number of hydrazone groups is 1. The molecule has 0 aromatic heterocycles. The first kappa shape index (κ1) is 25.6. The molecule has 1 amide bonds. The molecule has 0 spiro atoms. The summed E-state index contributed by atoms with van der Waals surface area (Å²) in [6.07, 6.45) is 1.15. The second-order valence-electron chi connectivity index (χ2n) is 6.83. The maximum atomic E-state index is 12.6. The molecule has 0 heterocycles. The highest BCUT2D eigenvalue weighted by atomic mass is 79.9. The molecule has 1 N–H and O–H groups in total. The Hall–Kier alpha value is -5.05. The zero-order valence-corrected chi connectivity index (χ0v) is 19.3. The van der Waals surface area contributed by atoms with E-state index in [4.69, 9.17) is 4.74 Å². The number of carbonyl (C=O) groups excluding carboxylic acids is 2. The quantitative estimate of drug-likeness (QED) is 0.139. The summed E-state index contributed by atoms with van der Waals surface area (Å²) < 4.78 is 5.81. The molecule has 0 aliphatic heterocycles. The monoisotopic (exact) mass is 557 g/mol. The van der Waals surface area contributed by atoms with Crippen LogP contribution < -0.4 is 10.2 Å². The Bertz CT molecular complexity index is 1390. The third kappa shape index (κ3) is 6.29. The van der Waals surface area contributed by atoms with Gasteiger partial charge in [0, 0.05) is 39.9 Å². The summed E-state index contributed by atoms with van der Waals surface area (Å²) >= 11 is 3.24. The molecule has 0 aliphatic rings. The van der Waals surface area contributed by atoms with E-state index in [0.717, 1.165) is 30.5 Å². The fourth-order valence-corrected chi connectivity index (χ4v) is 3.13. The number of esters is 1. The average Bonchev–Trinajstić information content (AvgIpc) is 2.85. The molecular weight excluding hydrogens is 546 g/mol. The van der Waals surface area contributed by atoms with Crippen LogP contribution in [0.3, 0.4) is 0 Å². The lowest BCUT2D eigenvalue weighted by molar-refractivity contribution is -0.394. The lowest BCUT2D eigenvalue weighted by atomic mass is 10.1. The van der Waals surface area contributed by atoms with Crippen molar-refractivity contribution in [3.8, 4) is 5.75 Å². The summed E-state index contributed by atoms with van der Waals surface area (Å²) in [6.45, 7) is 0. The van der Waals surface area contributed by atoms with Crippen LogP contribution in [0.4, 0.5) is 17.1 Å². The zero-order valence-electron chi connectivity index (χ0n) is 17.7. The third-order valence-corrected chi connectivity index (χ3v) is 4.94. The Labute approximate surface area is 208 Å². The lowest BCUT2D eigenvalue weighted by Gasteiger charge is -2.08. The molecule has 0 bridgehead atoms. The van der Waals surface area contributed by atoms with Gasteiger partial charge in [-0.2, -0.15) is 5.10 Å². The van der Waals surface area contributed by atoms with Crippen LogP contribution in [0.25, 0.3) is 0 Å². The first-order chi connectivity index (χ1) is 17.0. The first-order valence-electron chi connectivity index (χ1n) is 9.58. The van der Waals surface area contributed by atoms with Crippen molar-refractivity contribution in [2.45, 2.75) is 0 Å². The molecule has 14 nitrogen and oxygen atoms in total. The van der Waals surface area contributed by atoms with Crippen LogP contribution in [-0.2, 0) is 0 Å². The normalized spacial score (nSPS) is 10.6. The smallest absolute Gasteiger partial charge is 0.344 e. The van der Waals surface area contributed by atoms with Gasteiger partial charge in [-0.25, -0.2) is 10.2 Å². The number of nitrogens with one attached hydrogen (secondary N) is 1. The fraction of sp³-hybridized carbons (Fsp3) is 0. The molecule has 3 rings (SSSR count). The maximum absolute atomic E-state index is 12.6. The fourth-order valence-electron chi connectivity index (χ4n) is 2.76. The van der Waals surface area contributed by atoms with Crippen molar-refractivity contribution in [3.05, 3.63) is 112 Å². The van der Waals surface area contributed by atoms with Gasteiger partial charge < -0.3 is 4.74 Å². The summed E-state index contributed by atoms with van der Waals surface area (Å²) in [6, 6.07) is 11.6. The Morgan fingerprint density at radius 3 is 1.94 bits per heavy atom. The van der Waals surface area contributed by atoms with E-state index in [1.54, 1.807) is 0 Å². The predicted molar refractivity (Wildman–Crippen MR) is 127 cm³/mol. The van der Waals surface area contributed by atoms with Gasteiger partial charge in [-0.05, 0) is 30.3 Å². The second kappa shape index (κ2) is 10.9. The Balaban J connectivity index is 1.80. The summed E-state index contributed by atoms with van der Waals surface area (Å²) in [5, 5.41) is 36.6. The van der Waals surface area contributed by atoms with Crippen molar-refractivity contribution in [2.75, 3.05) is 0 Å². The molecule has 3 aromatic carbocycles. The molecule has 0 fully saturated rings. The highest BCUT2D eigenvalue weighted by Crippen LogP contribution is 2.26. The molecule has 0 radical (unpaired) electrons. The highest BCUT2D eigenvalue weighted by Gasteiger charge is 2.21. The van der Waals surface area contributed by atoms with Crippen molar-refractivity contribution >= 4 is 51.1 Å². The molecule has 0 unspecified atom stereocenters. The largest absolute Gasteiger partial charge is 0.422 e. The van der Waals surface area contributed by atoms with Gasteiger partial charge in [0.25, 0.3) is 23.0 Å². The van der Waals surface area contributed by atoms with Crippen LogP contribution in [0.5, 0.6) is 5.75 Å². The van der Waals surface area contributed by atoms with E-state index < -0.39 is 43.6 Å². The van der Waals surface area contributed by atoms with Gasteiger partial charge in [-0.15, -0.1) is 0 Å². The number of carbonyl (C=O) groups is 2. The molecule has 182 valence electrons. The number of nitrogens with zero attached hydrogens (tertiary/aromatic N) is 4. The van der Waals surface area contributed by atoms with Crippen LogP contribution in [-0.4, -0.2) is 32.9 Å². The summed E-state index contributed by atoms with van der Waals surface area (Å²) in [5.41, 5.74) is 0.580. The average molecular weight is 558 g/mol. The SMILES string of the molecule is O=C(N/N=C\c1cc(Br)ccc1OC(=O)c1cc([N+](=O)[O-])cc([N+](=O)[O-])c1)c1ccc([N+](=O)[O-])cc1. The zero-order chi connectivity index (χ0) is 26.4. The van der Waals surface area contributed by atoms with Crippen LogP contribution in [0.2, 0.25) is 0 Å². The van der Waals surface area contributed by atoms with Crippen molar-refractivity contribution in [3.63, 3.8) is 0 Å². The molecule has 0 aliphatic carbocycles. The van der Waals surface area contributed by atoms with Crippen molar-refractivity contribution in [1.29, 1.82) is 0 Å². The number of non-ortho nitro benzene ring substituents is 3. The number of hydrogen-bond acceptors (Lipinski definition) is 10. The minimum absolute atomic E-state index is 0.0642. The van der Waals surface area contributed by atoms with Crippen LogP contribution in [0.15, 0.2) is 70.2 Å². The molecule has 3 aromatic rings. The molecular formula is C21H12BrN5O9.